The van der Waals surface area contributed by atoms with E-state index in [4.69, 9.17) is 16.3 Å². The first-order chi connectivity index (χ1) is 14.0. The summed E-state index contributed by atoms with van der Waals surface area (Å²) in [6.07, 6.45) is 2.77. The predicted octanol–water partition coefficient (Wildman–Crippen LogP) is 4.37. The number of carbonyl (C=O) groups is 3. The van der Waals surface area contributed by atoms with E-state index in [1.165, 1.54) is 0 Å². The maximum absolute atomic E-state index is 13.1. The molecule has 0 aromatic heterocycles. The molecule has 29 heavy (non-hydrogen) atoms. The molecule has 150 valence electrons. The third kappa shape index (κ3) is 4.20. The van der Waals surface area contributed by atoms with Crippen LogP contribution in [0.4, 0.5) is 5.69 Å². The number of nitrogens with one attached hydrogen (secondary N) is 1. The number of ether oxygens (including phenoxy) is 1. The molecule has 2 bridgehead atoms. The van der Waals surface area contributed by atoms with Gasteiger partial charge in [-0.3, -0.25) is 14.4 Å². The van der Waals surface area contributed by atoms with Crippen LogP contribution in [0.3, 0.4) is 0 Å². The van der Waals surface area contributed by atoms with Crippen LogP contribution in [0.15, 0.2) is 54.6 Å². The number of rotatable bonds is 6. The Bertz CT molecular complexity index is 912. The number of hydrogen-bond donors (Lipinski definition) is 1. The van der Waals surface area contributed by atoms with E-state index in [9.17, 15) is 14.4 Å². The number of halogens is 1. The van der Waals surface area contributed by atoms with Gasteiger partial charge < -0.3 is 10.1 Å². The molecule has 2 aliphatic rings. The molecule has 0 aliphatic heterocycles. The fourth-order valence-corrected chi connectivity index (χ4v) is 4.89. The van der Waals surface area contributed by atoms with Gasteiger partial charge in [0.2, 0.25) is 0 Å². The quantitative estimate of drug-likeness (QED) is 0.566. The molecule has 2 aromatic rings. The Balaban J connectivity index is 1.39. The normalized spacial score (nSPS) is 24.9. The molecule has 2 saturated carbocycles. The first-order valence-electron chi connectivity index (χ1n) is 9.84. The highest BCUT2D eigenvalue weighted by Crippen LogP contribution is 2.53. The first-order valence-corrected chi connectivity index (χ1v) is 10.2. The van der Waals surface area contributed by atoms with Crippen LogP contribution < -0.4 is 5.32 Å². The molecule has 0 radical (unpaired) electrons. The number of hydrogen-bond acceptors (Lipinski definition) is 4. The number of Topliss-reactive ketones (excluding diaryl/α,β-unsaturated/α-hetero) is 1. The van der Waals surface area contributed by atoms with Gasteiger partial charge in [-0.1, -0.05) is 41.9 Å². The van der Waals surface area contributed by atoms with Crippen LogP contribution in [0.5, 0.6) is 0 Å². The van der Waals surface area contributed by atoms with Crippen LogP contribution in [-0.2, 0) is 14.3 Å². The Labute approximate surface area is 174 Å². The maximum Gasteiger partial charge on any atom is 0.310 e. The van der Waals surface area contributed by atoms with Gasteiger partial charge in [0.1, 0.15) is 0 Å². The highest BCUT2D eigenvalue weighted by Gasteiger charge is 2.54. The zero-order valence-electron chi connectivity index (χ0n) is 15.8. The Morgan fingerprint density at radius 1 is 0.931 bits per heavy atom. The van der Waals surface area contributed by atoms with Crippen LogP contribution >= 0.6 is 11.6 Å². The first kappa shape index (κ1) is 19.6. The minimum Gasteiger partial charge on any atom is -0.455 e. The third-order valence-electron chi connectivity index (χ3n) is 6.02. The SMILES string of the molecule is O=C(COC(=O)[C@H]1[C@H]2CC[C@H](C2)[C@H]1C(=O)c1ccccc1)Nc1ccc(Cl)cc1. The second kappa shape index (κ2) is 8.37. The summed E-state index contributed by atoms with van der Waals surface area (Å²) in [5.74, 6) is -1.32. The van der Waals surface area contributed by atoms with Crippen molar-refractivity contribution < 1.29 is 19.1 Å². The van der Waals surface area contributed by atoms with Crippen molar-refractivity contribution in [3.63, 3.8) is 0 Å². The van der Waals surface area contributed by atoms with Gasteiger partial charge in [0.05, 0.1) is 5.92 Å². The molecular formula is C23H22ClNO4. The maximum atomic E-state index is 13.1. The zero-order valence-corrected chi connectivity index (χ0v) is 16.6. The molecule has 4 atom stereocenters. The fourth-order valence-electron chi connectivity index (χ4n) is 4.77. The summed E-state index contributed by atoms with van der Waals surface area (Å²) in [6, 6.07) is 15.8. The number of carbonyl (C=O) groups excluding carboxylic acids is 3. The Kier molecular flexibility index (Phi) is 5.67. The number of esters is 1. The Hall–Kier alpha value is -2.66. The van der Waals surface area contributed by atoms with E-state index in [2.05, 4.69) is 5.32 Å². The van der Waals surface area contributed by atoms with Gasteiger partial charge in [0, 0.05) is 22.2 Å². The summed E-state index contributed by atoms with van der Waals surface area (Å²) in [6.45, 7) is -0.373. The van der Waals surface area contributed by atoms with Crippen molar-refractivity contribution in [2.24, 2.45) is 23.7 Å². The van der Waals surface area contributed by atoms with Crippen LogP contribution in [0.1, 0.15) is 29.6 Å². The van der Waals surface area contributed by atoms with Crippen LogP contribution in [0.25, 0.3) is 0 Å². The summed E-state index contributed by atoms with van der Waals surface area (Å²) in [5, 5.41) is 3.24. The summed E-state index contributed by atoms with van der Waals surface area (Å²) < 4.78 is 5.32. The molecule has 1 N–H and O–H groups in total. The molecule has 2 aliphatic carbocycles. The number of benzene rings is 2. The second-order valence-corrected chi connectivity index (χ2v) is 8.21. The lowest BCUT2D eigenvalue weighted by atomic mass is 9.75. The molecule has 2 fully saturated rings. The summed E-state index contributed by atoms with van der Waals surface area (Å²) in [7, 11) is 0. The van der Waals surface area contributed by atoms with Crippen molar-refractivity contribution in [2.75, 3.05) is 11.9 Å². The largest absolute Gasteiger partial charge is 0.455 e. The lowest BCUT2D eigenvalue weighted by Crippen LogP contribution is -2.37. The van der Waals surface area contributed by atoms with E-state index < -0.39 is 17.8 Å². The molecule has 5 nitrogen and oxygen atoms in total. The highest BCUT2D eigenvalue weighted by atomic mass is 35.5. The number of amides is 1. The topological polar surface area (TPSA) is 72.5 Å². The minimum absolute atomic E-state index is 0.00497. The molecule has 2 aromatic carbocycles. The Morgan fingerprint density at radius 3 is 2.28 bits per heavy atom. The second-order valence-electron chi connectivity index (χ2n) is 7.78. The van der Waals surface area contributed by atoms with Gasteiger partial charge in [-0.25, -0.2) is 0 Å². The van der Waals surface area contributed by atoms with Gasteiger partial charge in [-0.15, -0.1) is 0 Å². The van der Waals surface area contributed by atoms with E-state index in [0.29, 0.717) is 16.3 Å². The summed E-state index contributed by atoms with van der Waals surface area (Å²) in [5.41, 5.74) is 1.20. The molecule has 0 spiro atoms. The van der Waals surface area contributed by atoms with E-state index in [-0.39, 0.29) is 30.1 Å². The average molecular weight is 412 g/mol. The van der Waals surface area contributed by atoms with Gasteiger partial charge in [0.25, 0.3) is 5.91 Å². The van der Waals surface area contributed by atoms with Crippen molar-refractivity contribution in [1.82, 2.24) is 0 Å². The zero-order chi connectivity index (χ0) is 20.4. The van der Waals surface area contributed by atoms with E-state index in [1.54, 1.807) is 36.4 Å². The van der Waals surface area contributed by atoms with Gasteiger partial charge in [-0.2, -0.15) is 0 Å². The molecule has 0 heterocycles. The van der Waals surface area contributed by atoms with Crippen molar-refractivity contribution in [3.8, 4) is 0 Å². The lowest BCUT2D eigenvalue weighted by Gasteiger charge is -2.28. The molecule has 6 heteroatoms. The van der Waals surface area contributed by atoms with E-state index in [1.807, 2.05) is 18.2 Å². The number of anilines is 1. The molecule has 0 saturated heterocycles. The van der Waals surface area contributed by atoms with Crippen LogP contribution in [-0.4, -0.2) is 24.3 Å². The Morgan fingerprint density at radius 2 is 1.59 bits per heavy atom. The third-order valence-corrected chi connectivity index (χ3v) is 6.28. The van der Waals surface area contributed by atoms with Crippen LogP contribution in [0.2, 0.25) is 5.02 Å². The summed E-state index contributed by atoms with van der Waals surface area (Å²) in [4.78, 5) is 38.0. The standard InChI is InChI=1S/C23H22ClNO4/c24-17-8-10-18(11-9-17)25-19(26)13-29-23(28)21-16-7-6-15(12-16)20(21)22(27)14-4-2-1-3-5-14/h1-5,8-11,15-16,20-21H,6-7,12-13H2,(H,25,26)/t15-,16+,20-,21+/m1/s1. The highest BCUT2D eigenvalue weighted by molar-refractivity contribution is 6.30. The van der Waals surface area contributed by atoms with Crippen molar-refractivity contribution in [1.29, 1.82) is 0 Å². The smallest absolute Gasteiger partial charge is 0.310 e. The molecular weight excluding hydrogens is 390 g/mol. The van der Waals surface area contributed by atoms with Gasteiger partial charge >= 0.3 is 5.97 Å². The minimum atomic E-state index is -0.468. The van der Waals surface area contributed by atoms with Crippen molar-refractivity contribution >= 4 is 34.9 Å². The van der Waals surface area contributed by atoms with Crippen molar-refractivity contribution in [2.45, 2.75) is 19.3 Å². The molecule has 1 amide bonds. The monoisotopic (exact) mass is 411 g/mol. The fraction of sp³-hybridized carbons (Fsp3) is 0.348. The van der Waals surface area contributed by atoms with Gasteiger partial charge in [-0.05, 0) is 55.4 Å². The van der Waals surface area contributed by atoms with Crippen molar-refractivity contribution in [3.05, 3.63) is 65.2 Å². The van der Waals surface area contributed by atoms with Gasteiger partial charge in [0.15, 0.2) is 12.4 Å². The summed E-state index contributed by atoms with van der Waals surface area (Å²) >= 11 is 5.83. The molecule has 0 unspecified atom stereocenters. The van der Waals surface area contributed by atoms with E-state index in [0.717, 1.165) is 19.3 Å². The van der Waals surface area contributed by atoms with Crippen LogP contribution in [0, 0.1) is 23.7 Å². The number of fused-ring (bicyclic) bond motifs is 2. The average Bonchev–Trinajstić information content (AvgIpc) is 3.35. The molecule has 4 rings (SSSR count). The predicted molar refractivity (Wildman–Crippen MR) is 110 cm³/mol. The number of ketones is 1. The van der Waals surface area contributed by atoms with E-state index >= 15 is 0 Å². The lowest BCUT2D eigenvalue weighted by molar-refractivity contribution is -0.154.